The van der Waals surface area contributed by atoms with E-state index in [9.17, 15) is 14.0 Å². The molecule has 11 heteroatoms. The minimum absolute atomic E-state index is 0.148. The standard InChI is InChI=1S/C29H31FN8O2/c1-35(2)17-22-23(37-10-9-27(39)36(3)12-13-37)6-7-25(34-22)33-21-5-4-19(20-15-32-29(40)28(20)21)24-16-31-26-14-18(30)8-11-38(24)26/h4-8,11,14,16H,9-10,12-13,15,17H2,1-3H3,(H,32,40)(H,33,34). The van der Waals surface area contributed by atoms with Crippen molar-refractivity contribution in [2.45, 2.75) is 19.5 Å². The molecule has 0 unspecified atom stereocenters. The molecule has 40 heavy (non-hydrogen) atoms. The van der Waals surface area contributed by atoms with Crippen LogP contribution in [0.1, 0.15) is 28.0 Å². The molecule has 1 fully saturated rings. The molecule has 6 rings (SSSR count). The highest BCUT2D eigenvalue weighted by molar-refractivity contribution is 6.06. The summed E-state index contributed by atoms with van der Waals surface area (Å²) in [5.41, 5.74) is 6.11. The number of imidazole rings is 1. The molecule has 10 nitrogen and oxygen atoms in total. The van der Waals surface area contributed by atoms with Gasteiger partial charge in [0.05, 0.1) is 34.5 Å². The van der Waals surface area contributed by atoms with E-state index in [0.29, 0.717) is 55.3 Å². The summed E-state index contributed by atoms with van der Waals surface area (Å²) in [6.07, 6.45) is 3.81. The van der Waals surface area contributed by atoms with Crippen LogP contribution in [0.2, 0.25) is 0 Å². The second-order valence-corrected chi connectivity index (χ2v) is 10.5. The number of hydrogen-bond donors (Lipinski definition) is 2. The summed E-state index contributed by atoms with van der Waals surface area (Å²) >= 11 is 0. The Kier molecular flexibility index (Phi) is 6.59. The summed E-state index contributed by atoms with van der Waals surface area (Å²) in [5.74, 6) is 0.260. The number of rotatable bonds is 6. The van der Waals surface area contributed by atoms with E-state index in [2.05, 4.69) is 25.4 Å². The molecule has 4 aromatic rings. The molecular formula is C29H31FN8O2. The second kappa shape index (κ2) is 10.2. The Bertz CT molecular complexity index is 1630. The average Bonchev–Trinajstić information content (AvgIpc) is 3.47. The van der Waals surface area contributed by atoms with Gasteiger partial charge in [-0.2, -0.15) is 0 Å². The number of fused-ring (bicyclic) bond motifs is 2. The molecule has 0 bridgehead atoms. The number of carbonyl (C=O) groups is 2. The second-order valence-electron chi connectivity index (χ2n) is 10.5. The Morgan fingerprint density at radius 2 is 1.95 bits per heavy atom. The number of benzene rings is 1. The Hall–Kier alpha value is -4.51. The maximum absolute atomic E-state index is 13.7. The van der Waals surface area contributed by atoms with Gasteiger partial charge in [0.1, 0.15) is 17.3 Å². The van der Waals surface area contributed by atoms with E-state index in [0.717, 1.165) is 34.7 Å². The normalized spacial score (nSPS) is 15.5. The van der Waals surface area contributed by atoms with Gasteiger partial charge in [0.2, 0.25) is 5.91 Å². The first-order valence-corrected chi connectivity index (χ1v) is 13.3. The van der Waals surface area contributed by atoms with Crippen LogP contribution in [-0.4, -0.2) is 76.8 Å². The Morgan fingerprint density at radius 1 is 1.10 bits per heavy atom. The van der Waals surface area contributed by atoms with Gasteiger partial charge in [-0.05, 0) is 43.9 Å². The lowest BCUT2D eigenvalue weighted by atomic mass is 9.99. The molecule has 0 radical (unpaired) electrons. The maximum Gasteiger partial charge on any atom is 0.254 e. The Morgan fingerprint density at radius 3 is 2.77 bits per heavy atom. The first kappa shape index (κ1) is 25.8. The third-order valence-corrected chi connectivity index (χ3v) is 7.46. The van der Waals surface area contributed by atoms with Crippen LogP contribution in [0.15, 0.2) is 48.8 Å². The minimum atomic E-state index is -0.352. The van der Waals surface area contributed by atoms with E-state index in [1.165, 1.54) is 12.1 Å². The molecule has 2 N–H and O–H groups in total. The number of likely N-dealkylation sites (N-methyl/N-ethyl adjacent to an activating group) is 1. The Balaban J connectivity index is 1.34. The highest BCUT2D eigenvalue weighted by atomic mass is 19.1. The van der Waals surface area contributed by atoms with Crippen LogP contribution in [0.5, 0.6) is 0 Å². The van der Waals surface area contributed by atoms with Crippen molar-refractivity contribution in [3.05, 3.63) is 71.4 Å². The van der Waals surface area contributed by atoms with Gasteiger partial charge >= 0.3 is 0 Å². The van der Waals surface area contributed by atoms with Gasteiger partial charge in [0.25, 0.3) is 5.91 Å². The number of amides is 2. The molecule has 1 saturated heterocycles. The van der Waals surface area contributed by atoms with Crippen LogP contribution in [0.4, 0.5) is 21.6 Å². The number of aromatic nitrogens is 3. The van der Waals surface area contributed by atoms with Crippen molar-refractivity contribution in [2.75, 3.05) is 51.0 Å². The SMILES string of the molecule is CN(C)Cc1nc(Nc2ccc(-c3cnc4cc(F)ccn34)c3c2C(=O)NC3)ccc1N1CCC(=O)N(C)CC1. The predicted molar refractivity (Wildman–Crippen MR) is 151 cm³/mol. The Labute approximate surface area is 231 Å². The first-order valence-electron chi connectivity index (χ1n) is 13.3. The zero-order valence-electron chi connectivity index (χ0n) is 22.7. The van der Waals surface area contributed by atoms with Crippen LogP contribution in [-0.2, 0) is 17.9 Å². The fourth-order valence-corrected chi connectivity index (χ4v) is 5.42. The molecule has 0 spiro atoms. The van der Waals surface area contributed by atoms with Crippen molar-refractivity contribution in [3.63, 3.8) is 0 Å². The van der Waals surface area contributed by atoms with Crippen molar-refractivity contribution >= 4 is 34.7 Å². The number of pyridine rings is 2. The lowest BCUT2D eigenvalue weighted by Gasteiger charge is -2.26. The highest BCUT2D eigenvalue weighted by Gasteiger charge is 2.28. The largest absolute Gasteiger partial charge is 0.368 e. The van der Waals surface area contributed by atoms with Gasteiger partial charge in [0.15, 0.2) is 0 Å². The monoisotopic (exact) mass is 542 g/mol. The number of nitrogens with zero attached hydrogens (tertiary/aromatic N) is 6. The number of halogens is 1. The lowest BCUT2D eigenvalue weighted by molar-refractivity contribution is -0.129. The van der Waals surface area contributed by atoms with Gasteiger partial charge in [-0.15, -0.1) is 0 Å². The fourth-order valence-electron chi connectivity index (χ4n) is 5.42. The third kappa shape index (κ3) is 4.73. The number of nitrogens with one attached hydrogen (secondary N) is 2. The van der Waals surface area contributed by atoms with Crippen LogP contribution in [0, 0.1) is 5.82 Å². The molecule has 2 amide bonds. The molecule has 1 aromatic carbocycles. The molecule has 2 aliphatic rings. The number of anilines is 3. The van der Waals surface area contributed by atoms with Crippen molar-refractivity contribution in [3.8, 4) is 11.3 Å². The van der Waals surface area contributed by atoms with E-state index >= 15 is 0 Å². The van der Waals surface area contributed by atoms with E-state index in [1.54, 1.807) is 17.3 Å². The highest BCUT2D eigenvalue weighted by Crippen LogP contribution is 2.36. The van der Waals surface area contributed by atoms with Gasteiger partial charge in [-0.25, -0.2) is 14.4 Å². The predicted octanol–water partition coefficient (Wildman–Crippen LogP) is 3.25. The van der Waals surface area contributed by atoms with Crippen molar-refractivity contribution in [2.24, 2.45) is 0 Å². The minimum Gasteiger partial charge on any atom is -0.368 e. The van der Waals surface area contributed by atoms with Crippen LogP contribution >= 0.6 is 0 Å². The molecular weight excluding hydrogens is 511 g/mol. The van der Waals surface area contributed by atoms with Crippen LogP contribution in [0.25, 0.3) is 16.9 Å². The summed E-state index contributed by atoms with van der Waals surface area (Å²) in [7, 11) is 5.83. The van der Waals surface area contributed by atoms with E-state index in [4.69, 9.17) is 4.98 Å². The van der Waals surface area contributed by atoms with Gasteiger partial charge < -0.3 is 25.3 Å². The lowest BCUT2D eigenvalue weighted by Crippen LogP contribution is -2.31. The molecule has 3 aromatic heterocycles. The summed E-state index contributed by atoms with van der Waals surface area (Å²) < 4.78 is 15.5. The van der Waals surface area contributed by atoms with Gasteiger partial charge in [-0.1, -0.05) is 6.07 Å². The topological polar surface area (TPSA) is 98.1 Å². The third-order valence-electron chi connectivity index (χ3n) is 7.46. The van der Waals surface area contributed by atoms with Gasteiger partial charge in [-0.3, -0.25) is 14.0 Å². The average molecular weight is 543 g/mol. The summed E-state index contributed by atoms with van der Waals surface area (Å²) in [5, 5.41) is 6.32. The van der Waals surface area contributed by atoms with Gasteiger partial charge in [0, 0.05) is 64.0 Å². The number of carbonyl (C=O) groups excluding carboxylic acids is 2. The first-order chi connectivity index (χ1) is 19.3. The molecule has 0 atom stereocenters. The van der Waals surface area contributed by atoms with Crippen molar-refractivity contribution < 1.29 is 14.0 Å². The summed E-state index contributed by atoms with van der Waals surface area (Å²) in [6.45, 7) is 3.05. The summed E-state index contributed by atoms with van der Waals surface area (Å²) in [4.78, 5) is 40.6. The van der Waals surface area contributed by atoms with E-state index < -0.39 is 0 Å². The van der Waals surface area contributed by atoms with Crippen LogP contribution < -0.4 is 15.5 Å². The molecule has 0 aliphatic carbocycles. The van der Waals surface area contributed by atoms with E-state index in [1.807, 2.05) is 49.8 Å². The smallest absolute Gasteiger partial charge is 0.254 e. The molecule has 0 saturated carbocycles. The molecule has 206 valence electrons. The van der Waals surface area contributed by atoms with Crippen molar-refractivity contribution in [1.29, 1.82) is 0 Å². The zero-order chi connectivity index (χ0) is 28.0. The summed E-state index contributed by atoms with van der Waals surface area (Å²) in [6, 6.07) is 10.5. The van der Waals surface area contributed by atoms with Crippen LogP contribution in [0.3, 0.4) is 0 Å². The molecule has 2 aliphatic heterocycles. The maximum atomic E-state index is 13.7. The van der Waals surface area contributed by atoms with E-state index in [-0.39, 0.29) is 17.6 Å². The fraction of sp³-hybridized carbons (Fsp3) is 0.310. The quantitative estimate of drug-likeness (QED) is 0.386. The van der Waals surface area contributed by atoms with Crippen molar-refractivity contribution in [1.82, 2.24) is 29.5 Å². The molecule has 5 heterocycles. The number of hydrogen-bond acceptors (Lipinski definition) is 7. The zero-order valence-corrected chi connectivity index (χ0v) is 22.7.